The van der Waals surface area contributed by atoms with Crippen LogP contribution in [-0.4, -0.2) is 21.9 Å². The van der Waals surface area contributed by atoms with Crippen molar-refractivity contribution in [2.24, 2.45) is 0 Å². The van der Waals surface area contributed by atoms with Crippen LogP contribution in [0, 0.1) is 6.92 Å². The highest BCUT2D eigenvalue weighted by Gasteiger charge is 2.11. The second-order valence-electron chi connectivity index (χ2n) is 4.76. The summed E-state index contributed by atoms with van der Waals surface area (Å²) < 4.78 is 0.836. The topological polar surface area (TPSA) is 54.9 Å². The van der Waals surface area contributed by atoms with Crippen LogP contribution in [0.5, 0.6) is 0 Å². The number of rotatable bonds is 6. The normalized spacial score (nSPS) is 12.1. The van der Waals surface area contributed by atoms with Gasteiger partial charge in [0, 0.05) is 0 Å². The zero-order valence-corrected chi connectivity index (χ0v) is 14.1. The van der Waals surface area contributed by atoms with E-state index in [-0.39, 0.29) is 11.9 Å². The van der Waals surface area contributed by atoms with Crippen LogP contribution in [0.15, 0.2) is 28.6 Å². The first-order valence-corrected chi connectivity index (χ1v) is 8.69. The fourth-order valence-corrected chi connectivity index (χ4v) is 3.50. The minimum atomic E-state index is 0.0138. The third-order valence-corrected chi connectivity index (χ3v) is 5.07. The molecule has 0 bridgehead atoms. The fraction of sp³-hybridized carbons (Fsp3) is 0.400. The van der Waals surface area contributed by atoms with Crippen molar-refractivity contribution in [1.29, 1.82) is 0 Å². The molecule has 0 fully saturated rings. The number of hydrogen-bond donors (Lipinski definition) is 1. The standard InChI is InChI=1S/C15H19N3OS2/c1-4-12-5-7-13(8-6-12)10(2)16-14(19)9-20-15-18-17-11(3)21-15/h5-8,10H,4,9H2,1-3H3,(H,16,19)/t10-/m1/s1. The van der Waals surface area contributed by atoms with Crippen molar-refractivity contribution < 1.29 is 4.79 Å². The predicted molar refractivity (Wildman–Crippen MR) is 87.7 cm³/mol. The van der Waals surface area contributed by atoms with Gasteiger partial charge in [-0.15, -0.1) is 10.2 Å². The molecule has 1 amide bonds. The second kappa shape index (κ2) is 7.56. The smallest absolute Gasteiger partial charge is 0.230 e. The Morgan fingerprint density at radius 2 is 2.05 bits per heavy atom. The largest absolute Gasteiger partial charge is 0.349 e. The van der Waals surface area contributed by atoms with Crippen LogP contribution in [0.3, 0.4) is 0 Å². The van der Waals surface area contributed by atoms with E-state index in [1.54, 1.807) is 0 Å². The molecule has 1 atom stereocenters. The number of amides is 1. The molecule has 0 aliphatic heterocycles. The molecule has 6 heteroatoms. The lowest BCUT2D eigenvalue weighted by Gasteiger charge is -2.14. The number of thioether (sulfide) groups is 1. The zero-order valence-electron chi connectivity index (χ0n) is 12.4. The van der Waals surface area contributed by atoms with Crippen LogP contribution in [0.4, 0.5) is 0 Å². The molecule has 1 N–H and O–H groups in total. The quantitative estimate of drug-likeness (QED) is 0.829. The van der Waals surface area contributed by atoms with E-state index in [4.69, 9.17) is 0 Å². The Morgan fingerprint density at radius 1 is 1.33 bits per heavy atom. The van der Waals surface area contributed by atoms with Crippen molar-refractivity contribution in [1.82, 2.24) is 15.5 Å². The van der Waals surface area contributed by atoms with Crippen molar-refractivity contribution >= 4 is 29.0 Å². The molecule has 2 aromatic rings. The van der Waals surface area contributed by atoms with Crippen LogP contribution in [0.1, 0.15) is 36.0 Å². The molecule has 4 nitrogen and oxygen atoms in total. The van der Waals surface area contributed by atoms with Crippen molar-refractivity contribution in [2.75, 3.05) is 5.75 Å². The average Bonchev–Trinajstić information content (AvgIpc) is 2.91. The number of carbonyl (C=O) groups is 1. The Labute approximate surface area is 133 Å². The molecule has 0 aliphatic rings. The monoisotopic (exact) mass is 321 g/mol. The van der Waals surface area contributed by atoms with E-state index in [0.717, 1.165) is 21.3 Å². The van der Waals surface area contributed by atoms with Crippen LogP contribution in [0.25, 0.3) is 0 Å². The van der Waals surface area contributed by atoms with Crippen LogP contribution in [0.2, 0.25) is 0 Å². The molecule has 0 unspecified atom stereocenters. The van der Waals surface area contributed by atoms with Gasteiger partial charge in [-0.3, -0.25) is 4.79 Å². The minimum Gasteiger partial charge on any atom is -0.349 e. The summed E-state index contributed by atoms with van der Waals surface area (Å²) in [6, 6.07) is 8.38. The van der Waals surface area contributed by atoms with Crippen LogP contribution in [-0.2, 0) is 11.2 Å². The molecule has 1 aromatic carbocycles. The summed E-state index contributed by atoms with van der Waals surface area (Å²) in [6.07, 6.45) is 1.03. The molecule has 0 saturated carbocycles. The molecular weight excluding hydrogens is 302 g/mol. The Morgan fingerprint density at radius 3 is 2.62 bits per heavy atom. The van der Waals surface area contributed by atoms with Crippen molar-refractivity contribution in [3.05, 3.63) is 40.4 Å². The molecule has 1 heterocycles. The molecule has 0 aliphatic carbocycles. The summed E-state index contributed by atoms with van der Waals surface area (Å²) in [5.74, 6) is 0.381. The van der Waals surface area contributed by atoms with Gasteiger partial charge in [0.1, 0.15) is 5.01 Å². The number of aryl methyl sites for hydroxylation is 2. The summed E-state index contributed by atoms with van der Waals surface area (Å²) >= 11 is 2.94. The fourth-order valence-electron chi connectivity index (χ4n) is 1.87. The Kier molecular flexibility index (Phi) is 5.76. The number of benzene rings is 1. The first-order valence-electron chi connectivity index (χ1n) is 6.89. The maximum Gasteiger partial charge on any atom is 0.230 e. The summed E-state index contributed by atoms with van der Waals surface area (Å²) in [6.45, 7) is 6.04. The van der Waals surface area contributed by atoms with Gasteiger partial charge >= 0.3 is 0 Å². The Hall–Kier alpha value is -1.40. The van der Waals surface area contributed by atoms with Gasteiger partial charge < -0.3 is 5.32 Å². The zero-order chi connectivity index (χ0) is 15.2. The molecule has 0 saturated heterocycles. The van der Waals surface area contributed by atoms with Crippen molar-refractivity contribution in [3.8, 4) is 0 Å². The molecule has 21 heavy (non-hydrogen) atoms. The van der Waals surface area contributed by atoms with E-state index in [9.17, 15) is 4.79 Å². The highest BCUT2D eigenvalue weighted by Crippen LogP contribution is 2.22. The van der Waals surface area contributed by atoms with Crippen molar-refractivity contribution in [2.45, 2.75) is 37.6 Å². The predicted octanol–water partition coefficient (Wildman–Crippen LogP) is 3.38. The van der Waals surface area contributed by atoms with E-state index in [0.29, 0.717) is 5.75 Å². The van der Waals surface area contributed by atoms with Gasteiger partial charge in [-0.1, -0.05) is 54.3 Å². The van der Waals surface area contributed by atoms with Gasteiger partial charge in [0.15, 0.2) is 4.34 Å². The van der Waals surface area contributed by atoms with Gasteiger partial charge in [0.25, 0.3) is 0 Å². The summed E-state index contributed by atoms with van der Waals surface area (Å²) in [7, 11) is 0. The van der Waals surface area contributed by atoms with E-state index in [2.05, 4.69) is 46.7 Å². The molecule has 0 spiro atoms. The molecule has 1 aromatic heterocycles. The van der Waals surface area contributed by atoms with E-state index in [1.165, 1.54) is 28.7 Å². The maximum absolute atomic E-state index is 12.0. The Balaban J connectivity index is 1.83. The van der Waals surface area contributed by atoms with E-state index >= 15 is 0 Å². The number of hydrogen-bond acceptors (Lipinski definition) is 5. The lowest BCUT2D eigenvalue weighted by Crippen LogP contribution is -2.28. The van der Waals surface area contributed by atoms with E-state index < -0.39 is 0 Å². The third-order valence-electron chi connectivity index (χ3n) is 3.10. The second-order valence-corrected chi connectivity index (χ2v) is 7.16. The number of nitrogens with zero attached hydrogens (tertiary/aromatic N) is 2. The summed E-state index contributed by atoms with van der Waals surface area (Å²) in [5, 5.41) is 11.9. The minimum absolute atomic E-state index is 0.0138. The molecule has 2 rings (SSSR count). The van der Waals surface area contributed by atoms with Gasteiger partial charge in [0.2, 0.25) is 5.91 Å². The lowest BCUT2D eigenvalue weighted by atomic mass is 10.1. The summed E-state index contributed by atoms with van der Waals surface area (Å²) in [5.41, 5.74) is 2.43. The average molecular weight is 321 g/mol. The number of carbonyl (C=O) groups excluding carboxylic acids is 1. The number of nitrogens with one attached hydrogen (secondary N) is 1. The van der Waals surface area contributed by atoms with Gasteiger partial charge in [0.05, 0.1) is 11.8 Å². The lowest BCUT2D eigenvalue weighted by molar-refractivity contribution is -0.119. The number of aromatic nitrogens is 2. The van der Waals surface area contributed by atoms with Gasteiger partial charge in [-0.25, -0.2) is 0 Å². The maximum atomic E-state index is 12.0. The molecule has 0 radical (unpaired) electrons. The molecule has 112 valence electrons. The van der Waals surface area contributed by atoms with Crippen molar-refractivity contribution in [3.63, 3.8) is 0 Å². The first kappa shape index (κ1) is 16.0. The highest BCUT2D eigenvalue weighted by molar-refractivity contribution is 8.01. The van der Waals surface area contributed by atoms with Gasteiger partial charge in [-0.05, 0) is 31.4 Å². The highest BCUT2D eigenvalue weighted by atomic mass is 32.2. The first-order chi connectivity index (χ1) is 10.1. The SMILES string of the molecule is CCc1ccc([C@@H](C)NC(=O)CSc2nnc(C)s2)cc1. The van der Waals surface area contributed by atoms with Crippen LogP contribution >= 0.6 is 23.1 Å². The molecular formula is C15H19N3OS2. The Bertz CT molecular complexity index is 595. The van der Waals surface area contributed by atoms with Crippen LogP contribution < -0.4 is 5.32 Å². The van der Waals surface area contributed by atoms with Gasteiger partial charge in [-0.2, -0.15) is 0 Å². The third kappa shape index (κ3) is 4.82. The summed E-state index contributed by atoms with van der Waals surface area (Å²) in [4.78, 5) is 12.0. The van der Waals surface area contributed by atoms with E-state index in [1.807, 2.05) is 13.8 Å².